The highest BCUT2D eigenvalue weighted by molar-refractivity contribution is 5.94. The van der Waals surface area contributed by atoms with Crippen molar-refractivity contribution in [2.75, 3.05) is 19.7 Å². The van der Waals surface area contributed by atoms with Crippen LogP contribution in [0.25, 0.3) is 11.0 Å². The molecule has 0 atom stereocenters. The predicted octanol–water partition coefficient (Wildman–Crippen LogP) is 1.87. The van der Waals surface area contributed by atoms with E-state index < -0.39 is 5.97 Å². The van der Waals surface area contributed by atoms with Crippen LogP contribution in [0.15, 0.2) is 18.2 Å². The Bertz CT molecular complexity index is 747. The van der Waals surface area contributed by atoms with Gasteiger partial charge >= 0.3 is 5.97 Å². The first-order valence-corrected chi connectivity index (χ1v) is 8.36. The molecule has 2 aromatic rings. The van der Waals surface area contributed by atoms with Crippen LogP contribution in [0.1, 0.15) is 37.0 Å². The molecule has 1 aromatic heterocycles. The highest BCUT2D eigenvalue weighted by Gasteiger charge is 2.21. The lowest BCUT2D eigenvalue weighted by Crippen LogP contribution is -2.40. The van der Waals surface area contributed by atoms with Crippen LogP contribution >= 0.6 is 0 Å². The first-order chi connectivity index (χ1) is 11.6. The van der Waals surface area contributed by atoms with Gasteiger partial charge in [-0.05, 0) is 43.9 Å². The van der Waals surface area contributed by atoms with Gasteiger partial charge in [-0.3, -0.25) is 4.79 Å². The van der Waals surface area contributed by atoms with Gasteiger partial charge in [-0.2, -0.15) is 0 Å². The van der Waals surface area contributed by atoms with Gasteiger partial charge in [0.25, 0.3) is 5.91 Å². The second kappa shape index (κ2) is 6.98. The van der Waals surface area contributed by atoms with Gasteiger partial charge in [0.05, 0.1) is 11.1 Å². The molecule has 1 amide bonds. The number of carbonyl (C=O) groups is 2. The maximum absolute atomic E-state index is 12.2. The number of nitrogens with zero attached hydrogens (tertiary/aromatic N) is 4. The van der Waals surface area contributed by atoms with E-state index in [1.54, 1.807) is 27.8 Å². The Hall–Kier alpha value is -2.44. The monoisotopic (exact) mass is 330 g/mol. The number of amides is 1. The van der Waals surface area contributed by atoms with Crippen LogP contribution in [0.2, 0.25) is 0 Å². The van der Waals surface area contributed by atoms with Crippen LogP contribution in [-0.2, 0) is 16.1 Å². The number of aromatic nitrogens is 3. The van der Waals surface area contributed by atoms with E-state index in [1.807, 2.05) is 6.92 Å². The Morgan fingerprint density at radius 3 is 2.75 bits per heavy atom. The lowest BCUT2D eigenvalue weighted by atomic mass is 9.99. The molecule has 24 heavy (non-hydrogen) atoms. The van der Waals surface area contributed by atoms with Crippen molar-refractivity contribution in [3.05, 3.63) is 23.8 Å². The van der Waals surface area contributed by atoms with Gasteiger partial charge in [0.15, 0.2) is 6.61 Å². The second-order valence-electron chi connectivity index (χ2n) is 6.25. The third-order valence-corrected chi connectivity index (χ3v) is 4.51. The minimum atomic E-state index is -0.512. The molecule has 1 aliphatic heterocycles. The quantitative estimate of drug-likeness (QED) is 0.800. The standard InChI is InChI=1S/C17H22N4O3/c1-3-21-15-5-4-13(10-14(15)18-19-21)17(23)24-11-16(22)20-8-6-12(2)7-9-20/h4-5,10,12H,3,6-9,11H2,1-2H3. The maximum Gasteiger partial charge on any atom is 0.338 e. The summed E-state index contributed by atoms with van der Waals surface area (Å²) in [6.07, 6.45) is 2.01. The first-order valence-electron chi connectivity index (χ1n) is 8.36. The number of carbonyl (C=O) groups excluding carboxylic acids is 2. The summed E-state index contributed by atoms with van der Waals surface area (Å²) in [5.41, 5.74) is 1.89. The van der Waals surface area contributed by atoms with E-state index in [0.717, 1.165) is 31.4 Å². The van der Waals surface area contributed by atoms with Crippen LogP contribution in [0.5, 0.6) is 0 Å². The molecule has 0 bridgehead atoms. The summed E-state index contributed by atoms with van der Waals surface area (Å²) in [5.74, 6) is 0.00907. The van der Waals surface area contributed by atoms with Gasteiger partial charge in [0, 0.05) is 19.6 Å². The minimum Gasteiger partial charge on any atom is -0.452 e. The summed E-state index contributed by atoms with van der Waals surface area (Å²) < 4.78 is 6.92. The molecule has 1 fully saturated rings. The number of hydrogen-bond donors (Lipinski definition) is 0. The van der Waals surface area contributed by atoms with Gasteiger partial charge in [0.1, 0.15) is 5.52 Å². The molecule has 128 valence electrons. The Balaban J connectivity index is 1.59. The van der Waals surface area contributed by atoms with Crippen molar-refractivity contribution in [1.29, 1.82) is 0 Å². The lowest BCUT2D eigenvalue weighted by Gasteiger charge is -2.30. The fraction of sp³-hybridized carbons (Fsp3) is 0.529. The van der Waals surface area contributed by atoms with Crippen molar-refractivity contribution in [3.63, 3.8) is 0 Å². The number of rotatable bonds is 4. The van der Waals surface area contributed by atoms with Crippen molar-refractivity contribution >= 4 is 22.9 Å². The van der Waals surface area contributed by atoms with Crippen LogP contribution < -0.4 is 0 Å². The SMILES string of the molecule is CCn1nnc2cc(C(=O)OCC(=O)N3CCC(C)CC3)ccc21. The molecular weight excluding hydrogens is 308 g/mol. The van der Waals surface area contributed by atoms with Gasteiger partial charge in [-0.1, -0.05) is 12.1 Å². The van der Waals surface area contributed by atoms with Crippen LogP contribution in [0.3, 0.4) is 0 Å². The predicted molar refractivity (Wildman–Crippen MR) is 88.5 cm³/mol. The molecule has 1 aromatic carbocycles. The van der Waals surface area contributed by atoms with Gasteiger partial charge in [-0.25, -0.2) is 9.48 Å². The smallest absolute Gasteiger partial charge is 0.338 e. The fourth-order valence-electron chi connectivity index (χ4n) is 2.89. The number of fused-ring (bicyclic) bond motifs is 1. The molecule has 0 saturated carbocycles. The van der Waals surface area contributed by atoms with Crippen LogP contribution in [0, 0.1) is 5.92 Å². The summed E-state index contributed by atoms with van der Waals surface area (Å²) in [5, 5.41) is 8.05. The van der Waals surface area contributed by atoms with E-state index >= 15 is 0 Å². The average molecular weight is 330 g/mol. The van der Waals surface area contributed by atoms with Crippen molar-refractivity contribution in [1.82, 2.24) is 19.9 Å². The van der Waals surface area contributed by atoms with Crippen molar-refractivity contribution in [2.45, 2.75) is 33.2 Å². The zero-order chi connectivity index (χ0) is 17.1. The number of benzene rings is 1. The van der Waals surface area contributed by atoms with E-state index in [2.05, 4.69) is 17.2 Å². The van der Waals surface area contributed by atoms with E-state index in [1.165, 1.54) is 0 Å². The number of hydrogen-bond acceptors (Lipinski definition) is 5. The van der Waals surface area contributed by atoms with Crippen molar-refractivity contribution < 1.29 is 14.3 Å². The third kappa shape index (κ3) is 3.39. The fourth-order valence-corrected chi connectivity index (χ4v) is 2.89. The summed E-state index contributed by atoms with van der Waals surface area (Å²) in [6, 6.07) is 5.11. The highest BCUT2D eigenvalue weighted by atomic mass is 16.5. The molecule has 0 unspecified atom stereocenters. The molecule has 1 saturated heterocycles. The normalized spacial score (nSPS) is 15.7. The average Bonchev–Trinajstić information content (AvgIpc) is 3.02. The summed E-state index contributed by atoms with van der Waals surface area (Å²) in [7, 11) is 0. The molecule has 0 spiro atoms. The topological polar surface area (TPSA) is 77.3 Å². The summed E-state index contributed by atoms with van der Waals surface area (Å²) in [4.78, 5) is 26.0. The minimum absolute atomic E-state index is 0.131. The third-order valence-electron chi connectivity index (χ3n) is 4.51. The molecule has 7 nitrogen and oxygen atoms in total. The second-order valence-corrected chi connectivity index (χ2v) is 6.25. The largest absolute Gasteiger partial charge is 0.452 e. The molecule has 7 heteroatoms. The van der Waals surface area contributed by atoms with E-state index in [9.17, 15) is 9.59 Å². The van der Waals surface area contributed by atoms with Gasteiger partial charge in [0.2, 0.25) is 0 Å². The summed E-state index contributed by atoms with van der Waals surface area (Å²) in [6.45, 7) is 6.14. The first kappa shape index (κ1) is 16.4. The lowest BCUT2D eigenvalue weighted by molar-refractivity contribution is -0.135. The molecule has 0 N–H and O–H groups in total. The Kier molecular flexibility index (Phi) is 4.78. The molecular formula is C17H22N4O3. The molecule has 0 aliphatic carbocycles. The summed E-state index contributed by atoms with van der Waals surface area (Å²) >= 11 is 0. The zero-order valence-electron chi connectivity index (χ0n) is 14.1. The van der Waals surface area contributed by atoms with Crippen molar-refractivity contribution in [3.8, 4) is 0 Å². The molecule has 0 radical (unpaired) electrons. The van der Waals surface area contributed by atoms with Gasteiger partial charge < -0.3 is 9.64 Å². The molecule has 1 aliphatic rings. The Morgan fingerprint density at radius 1 is 1.29 bits per heavy atom. The number of aryl methyl sites for hydroxylation is 1. The van der Waals surface area contributed by atoms with E-state index in [4.69, 9.17) is 4.74 Å². The zero-order valence-corrected chi connectivity index (χ0v) is 14.1. The number of likely N-dealkylation sites (tertiary alicyclic amines) is 1. The van der Waals surface area contributed by atoms with Crippen LogP contribution in [0.4, 0.5) is 0 Å². The Morgan fingerprint density at radius 2 is 2.04 bits per heavy atom. The van der Waals surface area contributed by atoms with Crippen molar-refractivity contribution in [2.24, 2.45) is 5.92 Å². The molecule has 2 heterocycles. The maximum atomic E-state index is 12.2. The van der Waals surface area contributed by atoms with E-state index in [-0.39, 0.29) is 12.5 Å². The van der Waals surface area contributed by atoms with Crippen LogP contribution in [-0.4, -0.2) is 51.5 Å². The van der Waals surface area contributed by atoms with E-state index in [0.29, 0.717) is 23.5 Å². The Labute approximate surface area is 140 Å². The number of piperidine rings is 1. The molecule has 3 rings (SSSR count). The number of ether oxygens (including phenoxy) is 1. The van der Waals surface area contributed by atoms with Gasteiger partial charge in [-0.15, -0.1) is 5.10 Å². The highest BCUT2D eigenvalue weighted by Crippen LogP contribution is 2.17. The number of esters is 1.